The van der Waals surface area contributed by atoms with Crippen LogP contribution in [0.25, 0.3) is 0 Å². The molecule has 0 unspecified atom stereocenters. The first-order valence-electron chi connectivity index (χ1n) is 3.85. The Kier molecular flexibility index (Phi) is 19.0. The van der Waals surface area contributed by atoms with E-state index in [1.165, 1.54) is 0 Å². The van der Waals surface area contributed by atoms with Crippen molar-refractivity contribution >= 4 is 0 Å². The minimum absolute atomic E-state index is 0. The summed E-state index contributed by atoms with van der Waals surface area (Å²) in [7, 11) is 0. The number of aromatic hydroxyl groups is 1. The Bertz CT molecular complexity index is 263. The molecule has 0 bridgehead atoms. The van der Waals surface area contributed by atoms with Gasteiger partial charge in [0, 0.05) is 26.2 Å². The molecule has 0 radical (unpaired) electrons. The molecular formula is C11H11Cl2OZr-3. The molecule has 82 valence electrons. The summed E-state index contributed by atoms with van der Waals surface area (Å²) >= 11 is 0. The van der Waals surface area contributed by atoms with E-state index in [1.807, 2.05) is 18.2 Å². The van der Waals surface area contributed by atoms with Crippen molar-refractivity contribution in [3.8, 4) is 5.75 Å². The molecule has 0 fully saturated rings. The topological polar surface area (TPSA) is 20.2 Å². The predicted octanol–water partition coefficient (Wildman–Crippen LogP) is -3.30. The van der Waals surface area contributed by atoms with Crippen molar-refractivity contribution < 1.29 is 56.1 Å². The van der Waals surface area contributed by atoms with Crippen LogP contribution in [0.2, 0.25) is 0 Å². The zero-order valence-electron chi connectivity index (χ0n) is 8.03. The quantitative estimate of drug-likeness (QED) is 0.497. The molecule has 1 aliphatic rings. The summed E-state index contributed by atoms with van der Waals surface area (Å²) in [6.45, 7) is 0. The van der Waals surface area contributed by atoms with Gasteiger partial charge in [0.2, 0.25) is 0 Å². The Hall–Kier alpha value is -0.0369. The summed E-state index contributed by atoms with van der Waals surface area (Å²) in [6, 6.07) is 8.71. The summed E-state index contributed by atoms with van der Waals surface area (Å²) in [5.41, 5.74) is 0. The molecule has 1 aliphatic carbocycles. The Balaban J connectivity index is -0.000000165. The van der Waals surface area contributed by atoms with Crippen molar-refractivity contribution in [3.05, 3.63) is 54.6 Å². The molecule has 1 aromatic rings. The van der Waals surface area contributed by atoms with Crippen molar-refractivity contribution in [2.75, 3.05) is 0 Å². The number of phenolic OH excluding ortho intramolecular Hbond substituents is 1. The van der Waals surface area contributed by atoms with E-state index in [2.05, 4.69) is 12.2 Å². The first-order valence-corrected chi connectivity index (χ1v) is 3.85. The molecule has 0 heterocycles. The fraction of sp³-hybridized carbons (Fsp3) is 0.0909. The maximum atomic E-state index is 8.63. The number of rotatable bonds is 0. The molecule has 0 saturated carbocycles. The summed E-state index contributed by atoms with van der Waals surface area (Å²) in [4.78, 5) is 0. The van der Waals surface area contributed by atoms with Gasteiger partial charge in [0.1, 0.15) is 5.75 Å². The fourth-order valence-electron chi connectivity index (χ4n) is 0.768. The molecule has 0 saturated heterocycles. The van der Waals surface area contributed by atoms with Crippen LogP contribution in [0.1, 0.15) is 6.42 Å². The van der Waals surface area contributed by atoms with Crippen LogP contribution in [0.3, 0.4) is 0 Å². The summed E-state index contributed by atoms with van der Waals surface area (Å²) < 4.78 is 0. The van der Waals surface area contributed by atoms with Crippen molar-refractivity contribution in [3.63, 3.8) is 0 Å². The molecule has 1 nitrogen and oxygen atoms in total. The molecule has 15 heavy (non-hydrogen) atoms. The van der Waals surface area contributed by atoms with Crippen LogP contribution in [0.5, 0.6) is 5.75 Å². The summed E-state index contributed by atoms with van der Waals surface area (Å²) in [5, 5.41) is 8.63. The Morgan fingerprint density at radius 1 is 1.07 bits per heavy atom. The molecular weight excluding hydrogens is 310 g/mol. The summed E-state index contributed by atoms with van der Waals surface area (Å²) in [6.07, 6.45) is 10.0. The number of allylic oxidation sites excluding steroid dienone is 4. The number of hydrogen-bond acceptors (Lipinski definition) is 1. The van der Waals surface area contributed by atoms with Crippen LogP contribution in [0.4, 0.5) is 0 Å². The zero-order valence-corrected chi connectivity index (χ0v) is 12.0. The van der Waals surface area contributed by atoms with E-state index >= 15 is 0 Å². The van der Waals surface area contributed by atoms with Crippen LogP contribution in [0.15, 0.2) is 48.6 Å². The van der Waals surface area contributed by atoms with Gasteiger partial charge in [0.15, 0.2) is 0 Å². The molecule has 1 N–H and O–H groups in total. The average molecular weight is 321 g/mol. The van der Waals surface area contributed by atoms with Gasteiger partial charge in [-0.1, -0.05) is 18.2 Å². The molecule has 0 spiro atoms. The predicted molar refractivity (Wildman–Crippen MR) is 49.7 cm³/mol. The smallest absolute Gasteiger partial charge is 0.115 e. The third-order valence-electron chi connectivity index (χ3n) is 1.34. The van der Waals surface area contributed by atoms with E-state index in [9.17, 15) is 0 Å². The standard InChI is InChI=1S/C6H6O.C5H5.2ClH.Zr/c7-6-4-2-1-3-5-6;1-2-4-5-3-1;;;/h1-5,7H;1-3H,4H2;2*1H;/q;-1;;;/p-2. The molecule has 0 amide bonds. The van der Waals surface area contributed by atoms with Crippen molar-refractivity contribution in [1.29, 1.82) is 0 Å². The van der Waals surface area contributed by atoms with Crippen molar-refractivity contribution in [2.24, 2.45) is 0 Å². The van der Waals surface area contributed by atoms with Gasteiger partial charge in [-0.3, -0.25) is 6.08 Å². The minimum atomic E-state index is 0. The van der Waals surface area contributed by atoms with Crippen molar-refractivity contribution in [1.82, 2.24) is 0 Å². The molecule has 4 heteroatoms. The third kappa shape index (κ3) is 11.9. The maximum Gasteiger partial charge on any atom is 0.115 e. The monoisotopic (exact) mass is 319 g/mol. The van der Waals surface area contributed by atoms with E-state index in [4.69, 9.17) is 5.11 Å². The number of hydrogen-bond donors (Lipinski definition) is 1. The second kappa shape index (κ2) is 14.0. The van der Waals surface area contributed by atoms with Gasteiger partial charge in [-0.15, -0.1) is 6.42 Å². The van der Waals surface area contributed by atoms with Crippen LogP contribution >= 0.6 is 0 Å². The normalized spacial score (nSPS) is 9.87. The molecule has 1 aromatic carbocycles. The maximum absolute atomic E-state index is 8.63. The molecule has 2 rings (SSSR count). The third-order valence-corrected chi connectivity index (χ3v) is 1.34. The van der Waals surface area contributed by atoms with E-state index < -0.39 is 0 Å². The minimum Gasteiger partial charge on any atom is -1.00 e. The largest absolute Gasteiger partial charge is 1.00 e. The van der Waals surface area contributed by atoms with Gasteiger partial charge in [0.05, 0.1) is 0 Å². The number of benzene rings is 1. The van der Waals surface area contributed by atoms with E-state index in [0.717, 1.165) is 6.42 Å². The fourth-order valence-corrected chi connectivity index (χ4v) is 0.768. The van der Waals surface area contributed by atoms with Gasteiger partial charge in [-0.25, -0.2) is 12.2 Å². The van der Waals surface area contributed by atoms with Gasteiger partial charge in [-0.05, 0) is 12.1 Å². The second-order valence-electron chi connectivity index (χ2n) is 2.34. The average Bonchev–Trinajstić information content (AvgIpc) is 2.62. The van der Waals surface area contributed by atoms with Gasteiger partial charge in [0.25, 0.3) is 0 Å². The van der Waals surface area contributed by atoms with Crippen LogP contribution in [0, 0.1) is 6.08 Å². The second-order valence-corrected chi connectivity index (χ2v) is 2.34. The molecule has 0 aliphatic heterocycles. The molecule has 0 aromatic heterocycles. The Labute approximate surface area is 122 Å². The van der Waals surface area contributed by atoms with Gasteiger partial charge >= 0.3 is 0 Å². The van der Waals surface area contributed by atoms with Gasteiger partial charge in [-0.2, -0.15) is 6.08 Å². The van der Waals surface area contributed by atoms with E-state index in [0.29, 0.717) is 5.75 Å². The van der Waals surface area contributed by atoms with Crippen LogP contribution in [-0.2, 0) is 26.2 Å². The van der Waals surface area contributed by atoms with E-state index in [1.54, 1.807) is 24.3 Å². The SMILES string of the molecule is Oc1ccccc1.[C-]1=CC=CC1.[Cl-].[Cl-].[Zr]. The Morgan fingerprint density at radius 3 is 1.87 bits per heavy atom. The van der Waals surface area contributed by atoms with Crippen LogP contribution in [-0.4, -0.2) is 5.11 Å². The first kappa shape index (κ1) is 20.4. The van der Waals surface area contributed by atoms with E-state index in [-0.39, 0.29) is 51.0 Å². The van der Waals surface area contributed by atoms with Crippen LogP contribution < -0.4 is 24.8 Å². The molecule has 0 atom stereocenters. The number of halogens is 2. The Morgan fingerprint density at radius 2 is 1.67 bits per heavy atom. The van der Waals surface area contributed by atoms with Gasteiger partial charge < -0.3 is 29.9 Å². The number of para-hydroxylation sites is 1. The number of phenols is 1. The zero-order chi connectivity index (χ0) is 8.65. The first-order chi connectivity index (χ1) is 5.89. The summed E-state index contributed by atoms with van der Waals surface area (Å²) in [5.74, 6) is 0.322. The van der Waals surface area contributed by atoms with Crippen molar-refractivity contribution in [2.45, 2.75) is 6.42 Å².